The third kappa shape index (κ3) is 3.29. The number of aryl methyl sites for hydroxylation is 1. The lowest BCUT2D eigenvalue weighted by Crippen LogP contribution is -2.00. The van der Waals surface area contributed by atoms with Gasteiger partial charge in [0.2, 0.25) is 0 Å². The standard InChI is InChI=1S/C20H20O3/c1-3-4-5-18-13-16-12-15(8-11-19(16)23-18)20(21)14-6-9-17(22-2)10-7-14/h6-13H,3-5H2,1-2H3. The van der Waals surface area contributed by atoms with Gasteiger partial charge in [0.1, 0.15) is 17.1 Å². The van der Waals surface area contributed by atoms with Crippen LogP contribution in [0.15, 0.2) is 52.9 Å². The Labute approximate surface area is 135 Å². The summed E-state index contributed by atoms with van der Waals surface area (Å²) in [4.78, 5) is 12.6. The van der Waals surface area contributed by atoms with Crippen molar-refractivity contribution in [2.24, 2.45) is 0 Å². The highest BCUT2D eigenvalue weighted by molar-refractivity contribution is 6.10. The fraction of sp³-hybridized carbons (Fsp3) is 0.250. The molecular weight excluding hydrogens is 288 g/mol. The highest BCUT2D eigenvalue weighted by Crippen LogP contribution is 2.24. The first-order valence-electron chi connectivity index (χ1n) is 7.92. The summed E-state index contributed by atoms with van der Waals surface area (Å²) in [5.74, 6) is 1.73. The maximum atomic E-state index is 12.6. The largest absolute Gasteiger partial charge is 0.497 e. The van der Waals surface area contributed by atoms with Crippen LogP contribution >= 0.6 is 0 Å². The lowest BCUT2D eigenvalue weighted by molar-refractivity contribution is 0.103. The Morgan fingerprint density at radius 2 is 1.78 bits per heavy atom. The zero-order valence-electron chi connectivity index (χ0n) is 13.5. The molecule has 3 nitrogen and oxygen atoms in total. The van der Waals surface area contributed by atoms with E-state index in [9.17, 15) is 4.79 Å². The van der Waals surface area contributed by atoms with Crippen molar-refractivity contribution in [2.75, 3.05) is 7.11 Å². The number of ether oxygens (including phenoxy) is 1. The molecule has 118 valence electrons. The van der Waals surface area contributed by atoms with Gasteiger partial charge in [0.15, 0.2) is 5.78 Å². The Morgan fingerprint density at radius 3 is 2.48 bits per heavy atom. The highest BCUT2D eigenvalue weighted by atomic mass is 16.5. The van der Waals surface area contributed by atoms with Crippen LogP contribution in [0.25, 0.3) is 11.0 Å². The average Bonchev–Trinajstić information content (AvgIpc) is 3.01. The van der Waals surface area contributed by atoms with Gasteiger partial charge in [0, 0.05) is 22.9 Å². The molecule has 0 saturated heterocycles. The van der Waals surface area contributed by atoms with E-state index >= 15 is 0 Å². The summed E-state index contributed by atoms with van der Waals surface area (Å²) >= 11 is 0. The monoisotopic (exact) mass is 308 g/mol. The quantitative estimate of drug-likeness (QED) is 0.601. The Bertz CT molecular complexity index is 813. The zero-order valence-corrected chi connectivity index (χ0v) is 13.5. The topological polar surface area (TPSA) is 39.4 Å². The number of ketones is 1. The molecule has 0 amide bonds. The zero-order chi connectivity index (χ0) is 16.2. The van der Waals surface area contributed by atoms with Gasteiger partial charge in [-0.05, 0) is 55.0 Å². The number of carbonyl (C=O) groups is 1. The Morgan fingerprint density at radius 1 is 1.04 bits per heavy atom. The minimum Gasteiger partial charge on any atom is -0.497 e. The molecule has 0 N–H and O–H groups in total. The van der Waals surface area contributed by atoms with Crippen LogP contribution in [0.5, 0.6) is 5.75 Å². The molecule has 0 spiro atoms. The van der Waals surface area contributed by atoms with Crippen LogP contribution in [-0.2, 0) is 6.42 Å². The number of hydrogen-bond donors (Lipinski definition) is 0. The number of furan rings is 1. The first kappa shape index (κ1) is 15.3. The Kier molecular flexibility index (Phi) is 4.47. The lowest BCUT2D eigenvalue weighted by Gasteiger charge is -2.03. The summed E-state index contributed by atoms with van der Waals surface area (Å²) in [6.07, 6.45) is 3.18. The molecule has 0 atom stereocenters. The van der Waals surface area contributed by atoms with Gasteiger partial charge in [-0.25, -0.2) is 0 Å². The van der Waals surface area contributed by atoms with E-state index in [1.165, 1.54) is 0 Å². The predicted molar refractivity (Wildman–Crippen MR) is 91.3 cm³/mol. The van der Waals surface area contributed by atoms with Gasteiger partial charge in [0.05, 0.1) is 7.11 Å². The van der Waals surface area contributed by atoms with Crippen LogP contribution in [0.1, 0.15) is 41.4 Å². The van der Waals surface area contributed by atoms with Crippen LogP contribution in [0, 0.1) is 0 Å². The van der Waals surface area contributed by atoms with E-state index < -0.39 is 0 Å². The van der Waals surface area contributed by atoms with Gasteiger partial charge in [0.25, 0.3) is 0 Å². The Balaban J connectivity index is 1.87. The molecular formula is C20H20O3. The summed E-state index contributed by atoms with van der Waals surface area (Å²) < 4.78 is 10.9. The normalized spacial score (nSPS) is 10.9. The maximum Gasteiger partial charge on any atom is 0.193 e. The summed E-state index contributed by atoms with van der Waals surface area (Å²) in [6, 6.07) is 14.8. The number of rotatable bonds is 6. The number of hydrogen-bond acceptors (Lipinski definition) is 3. The number of benzene rings is 2. The molecule has 0 aliphatic rings. The summed E-state index contributed by atoms with van der Waals surface area (Å²) in [7, 11) is 1.61. The van der Waals surface area contributed by atoms with Crippen LogP contribution in [-0.4, -0.2) is 12.9 Å². The van der Waals surface area contributed by atoms with Gasteiger partial charge in [-0.3, -0.25) is 4.79 Å². The van der Waals surface area contributed by atoms with E-state index in [2.05, 4.69) is 6.92 Å². The SMILES string of the molecule is CCCCc1cc2cc(C(=O)c3ccc(OC)cc3)ccc2o1. The molecule has 1 heterocycles. The van der Waals surface area contributed by atoms with Gasteiger partial charge < -0.3 is 9.15 Å². The molecule has 0 bridgehead atoms. The fourth-order valence-corrected chi connectivity index (χ4v) is 2.62. The second kappa shape index (κ2) is 6.69. The minimum absolute atomic E-state index is 0.00543. The van der Waals surface area contributed by atoms with E-state index in [0.29, 0.717) is 11.1 Å². The lowest BCUT2D eigenvalue weighted by atomic mass is 10.0. The number of carbonyl (C=O) groups excluding carboxylic acids is 1. The fourth-order valence-electron chi connectivity index (χ4n) is 2.62. The third-order valence-corrected chi connectivity index (χ3v) is 3.96. The van der Waals surface area contributed by atoms with E-state index in [-0.39, 0.29) is 5.78 Å². The molecule has 3 aromatic rings. The van der Waals surface area contributed by atoms with Crippen molar-refractivity contribution in [1.82, 2.24) is 0 Å². The van der Waals surface area contributed by atoms with E-state index in [0.717, 1.165) is 41.7 Å². The molecule has 3 heteroatoms. The summed E-state index contributed by atoms with van der Waals surface area (Å²) in [5.41, 5.74) is 2.16. The van der Waals surface area contributed by atoms with Crippen molar-refractivity contribution in [2.45, 2.75) is 26.2 Å². The van der Waals surface area contributed by atoms with Crippen molar-refractivity contribution in [1.29, 1.82) is 0 Å². The second-order valence-corrected chi connectivity index (χ2v) is 5.63. The smallest absolute Gasteiger partial charge is 0.193 e. The molecule has 0 radical (unpaired) electrons. The summed E-state index contributed by atoms with van der Waals surface area (Å²) in [5, 5.41) is 0.982. The van der Waals surface area contributed by atoms with E-state index in [1.54, 1.807) is 31.4 Å². The first-order valence-corrected chi connectivity index (χ1v) is 7.92. The molecule has 0 unspecified atom stereocenters. The maximum absolute atomic E-state index is 12.6. The number of unbranched alkanes of at least 4 members (excludes halogenated alkanes) is 1. The highest BCUT2D eigenvalue weighted by Gasteiger charge is 2.12. The van der Waals surface area contributed by atoms with Gasteiger partial charge in [-0.15, -0.1) is 0 Å². The third-order valence-electron chi connectivity index (χ3n) is 3.96. The Hall–Kier alpha value is -2.55. The first-order chi connectivity index (χ1) is 11.2. The summed E-state index contributed by atoms with van der Waals surface area (Å²) in [6.45, 7) is 2.16. The van der Waals surface area contributed by atoms with Crippen molar-refractivity contribution >= 4 is 16.8 Å². The number of fused-ring (bicyclic) bond motifs is 1. The molecule has 0 aliphatic carbocycles. The number of methoxy groups -OCH3 is 1. The van der Waals surface area contributed by atoms with Gasteiger partial charge in [-0.1, -0.05) is 13.3 Å². The second-order valence-electron chi connectivity index (χ2n) is 5.63. The predicted octanol–water partition coefficient (Wildman–Crippen LogP) is 5.02. The molecule has 0 fully saturated rings. The van der Waals surface area contributed by atoms with Crippen molar-refractivity contribution in [3.05, 3.63) is 65.4 Å². The molecule has 3 rings (SSSR count). The molecule has 1 aromatic heterocycles. The van der Waals surface area contributed by atoms with Crippen LogP contribution in [0.2, 0.25) is 0 Å². The molecule has 0 saturated carbocycles. The van der Waals surface area contributed by atoms with E-state index in [4.69, 9.17) is 9.15 Å². The molecule has 2 aromatic carbocycles. The van der Waals surface area contributed by atoms with Gasteiger partial charge in [-0.2, -0.15) is 0 Å². The van der Waals surface area contributed by atoms with Crippen LogP contribution in [0.3, 0.4) is 0 Å². The van der Waals surface area contributed by atoms with Crippen molar-refractivity contribution in [3.63, 3.8) is 0 Å². The van der Waals surface area contributed by atoms with Gasteiger partial charge >= 0.3 is 0 Å². The van der Waals surface area contributed by atoms with Crippen molar-refractivity contribution in [3.8, 4) is 5.75 Å². The average molecular weight is 308 g/mol. The minimum atomic E-state index is 0.00543. The van der Waals surface area contributed by atoms with Crippen molar-refractivity contribution < 1.29 is 13.9 Å². The van der Waals surface area contributed by atoms with E-state index in [1.807, 2.05) is 24.3 Å². The molecule has 0 aliphatic heterocycles. The van der Waals surface area contributed by atoms with Crippen LogP contribution < -0.4 is 4.74 Å². The molecule has 23 heavy (non-hydrogen) atoms. The van der Waals surface area contributed by atoms with Crippen LogP contribution in [0.4, 0.5) is 0 Å².